The van der Waals surface area contributed by atoms with Crippen molar-refractivity contribution in [3.63, 3.8) is 0 Å². The van der Waals surface area contributed by atoms with Crippen molar-refractivity contribution in [2.75, 3.05) is 0 Å². The lowest BCUT2D eigenvalue weighted by Gasteiger charge is -2.27. The van der Waals surface area contributed by atoms with Crippen LogP contribution in [0.2, 0.25) is 0 Å². The molecule has 0 unspecified atom stereocenters. The molecule has 0 saturated heterocycles. The van der Waals surface area contributed by atoms with E-state index in [0.717, 1.165) is 15.6 Å². The van der Waals surface area contributed by atoms with Crippen molar-refractivity contribution in [1.29, 1.82) is 0 Å². The SMILES string of the molecule is O=C(C1=C(O)C(=O)N(Cc2cccnc2)[C@H]1c1cccc(Br)c1)c1cccs1. The molecule has 3 aromatic rings. The number of ketones is 1. The molecule has 7 heteroatoms. The highest BCUT2D eigenvalue weighted by Crippen LogP contribution is 2.40. The first-order valence-electron chi connectivity index (χ1n) is 8.53. The van der Waals surface area contributed by atoms with Crippen molar-refractivity contribution in [3.05, 3.63) is 98.1 Å². The topological polar surface area (TPSA) is 70.5 Å². The highest BCUT2D eigenvalue weighted by atomic mass is 79.9. The van der Waals surface area contributed by atoms with Gasteiger partial charge >= 0.3 is 0 Å². The lowest BCUT2D eigenvalue weighted by atomic mass is 9.95. The summed E-state index contributed by atoms with van der Waals surface area (Å²) in [7, 11) is 0. The fourth-order valence-corrected chi connectivity index (χ4v) is 4.40. The van der Waals surface area contributed by atoms with Gasteiger partial charge in [0.2, 0.25) is 5.78 Å². The maximum absolute atomic E-state index is 13.1. The second-order valence-electron chi connectivity index (χ2n) is 6.32. The summed E-state index contributed by atoms with van der Waals surface area (Å²) in [6.07, 6.45) is 3.32. The number of Topliss-reactive ketones (excluding diaryl/α,β-unsaturated/α-hetero) is 1. The van der Waals surface area contributed by atoms with E-state index in [-0.39, 0.29) is 17.9 Å². The highest BCUT2D eigenvalue weighted by molar-refractivity contribution is 9.10. The number of aliphatic hydroxyl groups is 1. The van der Waals surface area contributed by atoms with Crippen LogP contribution in [0, 0.1) is 0 Å². The minimum atomic E-state index is -0.681. The summed E-state index contributed by atoms with van der Waals surface area (Å²) in [5, 5.41) is 12.4. The van der Waals surface area contributed by atoms with Gasteiger partial charge < -0.3 is 10.0 Å². The van der Waals surface area contributed by atoms with E-state index >= 15 is 0 Å². The van der Waals surface area contributed by atoms with Gasteiger partial charge in [-0.3, -0.25) is 14.6 Å². The van der Waals surface area contributed by atoms with Gasteiger partial charge in [0.1, 0.15) is 0 Å². The van der Waals surface area contributed by atoms with Crippen molar-refractivity contribution in [2.45, 2.75) is 12.6 Å². The molecule has 1 aliphatic heterocycles. The molecule has 1 amide bonds. The zero-order valence-electron chi connectivity index (χ0n) is 14.6. The number of thiophene rings is 1. The summed E-state index contributed by atoms with van der Waals surface area (Å²) in [4.78, 5) is 32.1. The number of nitrogens with zero attached hydrogens (tertiary/aromatic N) is 2. The largest absolute Gasteiger partial charge is 0.503 e. The van der Waals surface area contributed by atoms with Crippen molar-refractivity contribution in [2.24, 2.45) is 0 Å². The van der Waals surface area contributed by atoms with E-state index < -0.39 is 17.7 Å². The molecule has 0 saturated carbocycles. The van der Waals surface area contributed by atoms with Crippen LogP contribution < -0.4 is 0 Å². The van der Waals surface area contributed by atoms with Crippen LogP contribution in [0.4, 0.5) is 0 Å². The molecule has 0 radical (unpaired) electrons. The lowest BCUT2D eigenvalue weighted by molar-refractivity contribution is -0.130. The average Bonchev–Trinajstić information content (AvgIpc) is 3.32. The fourth-order valence-electron chi connectivity index (χ4n) is 3.30. The number of aliphatic hydroxyl groups excluding tert-OH is 1. The van der Waals surface area contributed by atoms with Crippen LogP contribution in [0.1, 0.15) is 26.8 Å². The summed E-state index contributed by atoms with van der Waals surface area (Å²) < 4.78 is 0.827. The van der Waals surface area contributed by atoms with E-state index in [2.05, 4.69) is 20.9 Å². The first-order chi connectivity index (χ1) is 13.6. The number of carbonyl (C=O) groups is 2. The first kappa shape index (κ1) is 18.6. The van der Waals surface area contributed by atoms with Gasteiger partial charge in [0.25, 0.3) is 5.91 Å². The predicted molar refractivity (Wildman–Crippen MR) is 110 cm³/mol. The molecule has 1 aliphatic rings. The summed E-state index contributed by atoms with van der Waals surface area (Å²) in [5.74, 6) is -1.39. The van der Waals surface area contributed by atoms with Crippen LogP contribution in [0.3, 0.4) is 0 Å². The number of aromatic nitrogens is 1. The normalized spacial score (nSPS) is 16.7. The highest BCUT2D eigenvalue weighted by Gasteiger charge is 2.44. The Morgan fingerprint density at radius 3 is 2.75 bits per heavy atom. The predicted octanol–water partition coefficient (Wildman–Crippen LogP) is 4.68. The lowest BCUT2D eigenvalue weighted by Crippen LogP contribution is -2.30. The molecule has 0 aliphatic carbocycles. The van der Waals surface area contributed by atoms with E-state index in [1.165, 1.54) is 16.2 Å². The summed E-state index contributed by atoms with van der Waals surface area (Å²) in [5.41, 5.74) is 1.67. The first-order valence-corrected chi connectivity index (χ1v) is 10.2. The number of pyridine rings is 1. The maximum atomic E-state index is 13.1. The van der Waals surface area contributed by atoms with Crippen LogP contribution in [0.15, 0.2) is 82.1 Å². The molecule has 5 nitrogen and oxygen atoms in total. The van der Waals surface area contributed by atoms with E-state index in [0.29, 0.717) is 4.88 Å². The minimum absolute atomic E-state index is 0.106. The minimum Gasteiger partial charge on any atom is -0.503 e. The molecule has 0 spiro atoms. The Morgan fingerprint density at radius 1 is 1.21 bits per heavy atom. The van der Waals surface area contributed by atoms with Crippen molar-refractivity contribution >= 4 is 39.0 Å². The Kier molecular flexibility index (Phi) is 5.11. The second kappa shape index (κ2) is 7.69. The van der Waals surface area contributed by atoms with Gasteiger partial charge in [0.15, 0.2) is 5.76 Å². The fraction of sp³-hybridized carbons (Fsp3) is 0.0952. The quantitative estimate of drug-likeness (QED) is 0.567. The van der Waals surface area contributed by atoms with Crippen LogP contribution in [0.5, 0.6) is 0 Å². The molecule has 0 fully saturated rings. The van der Waals surface area contributed by atoms with Crippen molar-refractivity contribution in [1.82, 2.24) is 9.88 Å². The molecule has 0 bridgehead atoms. The number of benzene rings is 1. The molecule has 1 atom stereocenters. The monoisotopic (exact) mass is 454 g/mol. The van der Waals surface area contributed by atoms with E-state index in [1.807, 2.05) is 30.3 Å². The summed E-state index contributed by atoms with van der Waals surface area (Å²) >= 11 is 4.73. The third kappa shape index (κ3) is 3.39. The number of halogens is 1. The molecular formula is C21H15BrN2O3S. The zero-order valence-corrected chi connectivity index (χ0v) is 17.0. The van der Waals surface area contributed by atoms with Gasteiger partial charge in [-0.05, 0) is 40.8 Å². The Morgan fingerprint density at radius 2 is 2.07 bits per heavy atom. The van der Waals surface area contributed by atoms with Gasteiger partial charge in [-0.15, -0.1) is 11.3 Å². The number of hydrogen-bond donors (Lipinski definition) is 1. The van der Waals surface area contributed by atoms with Gasteiger partial charge in [-0.25, -0.2) is 0 Å². The Balaban J connectivity index is 1.81. The smallest absolute Gasteiger partial charge is 0.290 e. The number of rotatable bonds is 5. The Labute approximate surface area is 174 Å². The molecule has 1 aromatic carbocycles. The third-order valence-corrected chi connectivity index (χ3v) is 5.90. The van der Waals surface area contributed by atoms with Crippen molar-refractivity contribution in [3.8, 4) is 0 Å². The molecule has 140 valence electrons. The molecule has 1 N–H and O–H groups in total. The van der Waals surface area contributed by atoms with Crippen LogP contribution >= 0.6 is 27.3 Å². The zero-order chi connectivity index (χ0) is 19.7. The summed E-state index contributed by atoms with van der Waals surface area (Å²) in [6, 6.07) is 13.8. The maximum Gasteiger partial charge on any atom is 0.290 e. The van der Waals surface area contributed by atoms with Crippen LogP contribution in [0.25, 0.3) is 0 Å². The van der Waals surface area contributed by atoms with E-state index in [9.17, 15) is 14.7 Å². The van der Waals surface area contributed by atoms with Gasteiger partial charge in [-0.2, -0.15) is 0 Å². The number of amides is 1. The molecule has 28 heavy (non-hydrogen) atoms. The molecule has 2 aromatic heterocycles. The van der Waals surface area contributed by atoms with E-state index in [4.69, 9.17) is 0 Å². The van der Waals surface area contributed by atoms with Crippen LogP contribution in [-0.4, -0.2) is 26.7 Å². The van der Waals surface area contributed by atoms with Crippen molar-refractivity contribution < 1.29 is 14.7 Å². The van der Waals surface area contributed by atoms with Gasteiger partial charge in [0, 0.05) is 23.4 Å². The van der Waals surface area contributed by atoms with E-state index in [1.54, 1.807) is 36.0 Å². The molecule has 3 heterocycles. The molecule has 4 rings (SSSR count). The molecular weight excluding hydrogens is 440 g/mol. The number of carbonyl (C=O) groups excluding carboxylic acids is 2. The second-order valence-corrected chi connectivity index (χ2v) is 8.18. The van der Waals surface area contributed by atoms with Crippen LogP contribution in [-0.2, 0) is 11.3 Å². The third-order valence-electron chi connectivity index (χ3n) is 4.53. The number of hydrogen-bond acceptors (Lipinski definition) is 5. The van der Waals surface area contributed by atoms with Gasteiger partial charge in [0.05, 0.1) is 16.5 Å². The standard InChI is InChI=1S/C21H15BrN2O3S/c22-15-6-1-5-14(10-15)18-17(19(25)16-7-3-9-28-16)20(26)21(27)24(18)12-13-4-2-8-23-11-13/h1-11,18,26H,12H2/t18-/m0/s1. The Hall–Kier alpha value is -2.77. The Bertz CT molecular complexity index is 1060. The average molecular weight is 455 g/mol. The van der Waals surface area contributed by atoms with Gasteiger partial charge in [-0.1, -0.05) is 40.2 Å². The summed E-state index contributed by atoms with van der Waals surface area (Å²) in [6.45, 7) is 0.231.